The molecule has 114 valence electrons. The van der Waals surface area contributed by atoms with E-state index in [2.05, 4.69) is 4.90 Å². The van der Waals surface area contributed by atoms with Crippen LogP contribution in [0.2, 0.25) is 0 Å². The van der Waals surface area contributed by atoms with Crippen LogP contribution >= 0.6 is 0 Å². The predicted octanol–water partition coefficient (Wildman–Crippen LogP) is 1.62. The molecule has 1 saturated carbocycles. The minimum Gasteiger partial charge on any atom is -0.390 e. The van der Waals surface area contributed by atoms with Gasteiger partial charge in [0.05, 0.1) is 11.6 Å². The van der Waals surface area contributed by atoms with E-state index in [1.54, 1.807) is 0 Å². The van der Waals surface area contributed by atoms with Crippen molar-refractivity contribution in [3.8, 4) is 0 Å². The Kier molecular flexibility index (Phi) is 4.04. The zero-order valence-corrected chi connectivity index (χ0v) is 12.7. The van der Waals surface area contributed by atoms with E-state index in [-0.39, 0.29) is 6.04 Å². The van der Waals surface area contributed by atoms with E-state index in [0.29, 0.717) is 11.8 Å². The van der Waals surface area contributed by atoms with Crippen LogP contribution in [0.15, 0.2) is 0 Å². The Balaban J connectivity index is 1.61. The number of carbonyl (C=O) groups excluding carboxylic acids is 1. The monoisotopic (exact) mass is 280 g/mol. The van der Waals surface area contributed by atoms with Crippen molar-refractivity contribution in [2.45, 2.75) is 63.5 Å². The van der Waals surface area contributed by atoms with Crippen molar-refractivity contribution in [3.05, 3.63) is 0 Å². The fraction of sp³-hybridized carbons (Fsp3) is 0.938. The molecule has 3 fully saturated rings. The molecule has 1 N–H and O–H groups in total. The van der Waals surface area contributed by atoms with Gasteiger partial charge in [0.2, 0.25) is 5.91 Å². The van der Waals surface area contributed by atoms with Gasteiger partial charge in [0.1, 0.15) is 0 Å². The molecular formula is C16H28N2O2. The molecule has 0 aromatic carbocycles. The lowest BCUT2D eigenvalue weighted by Gasteiger charge is -2.48. The largest absolute Gasteiger partial charge is 0.390 e. The van der Waals surface area contributed by atoms with Gasteiger partial charge in [0.15, 0.2) is 0 Å². The molecule has 0 aromatic rings. The average Bonchev–Trinajstić information content (AvgIpc) is 2.99. The molecule has 4 nitrogen and oxygen atoms in total. The van der Waals surface area contributed by atoms with E-state index >= 15 is 0 Å². The van der Waals surface area contributed by atoms with Gasteiger partial charge in [0.25, 0.3) is 0 Å². The van der Waals surface area contributed by atoms with Gasteiger partial charge in [-0.2, -0.15) is 0 Å². The highest BCUT2D eigenvalue weighted by Gasteiger charge is 2.44. The summed E-state index contributed by atoms with van der Waals surface area (Å²) in [5.74, 6) is 0.669. The minimum atomic E-state index is -0.439. The Hall–Kier alpha value is -0.610. The average molecular weight is 280 g/mol. The summed E-state index contributed by atoms with van der Waals surface area (Å²) in [6.45, 7) is 5.69. The van der Waals surface area contributed by atoms with Crippen molar-refractivity contribution >= 4 is 5.91 Å². The molecule has 1 aliphatic carbocycles. The van der Waals surface area contributed by atoms with Crippen LogP contribution in [-0.4, -0.2) is 58.6 Å². The van der Waals surface area contributed by atoms with Gasteiger partial charge >= 0.3 is 0 Å². The van der Waals surface area contributed by atoms with Gasteiger partial charge in [-0.3, -0.25) is 9.69 Å². The van der Waals surface area contributed by atoms with Crippen LogP contribution in [0, 0.1) is 5.92 Å². The number of likely N-dealkylation sites (tertiary alicyclic amines) is 2. The van der Waals surface area contributed by atoms with E-state index in [4.69, 9.17) is 0 Å². The molecule has 2 saturated heterocycles. The Morgan fingerprint density at radius 1 is 1.15 bits per heavy atom. The van der Waals surface area contributed by atoms with Crippen LogP contribution in [-0.2, 0) is 4.79 Å². The van der Waals surface area contributed by atoms with Gasteiger partial charge in [0, 0.05) is 32.1 Å². The Bertz CT molecular complexity index is 367. The van der Waals surface area contributed by atoms with Crippen molar-refractivity contribution in [2.75, 3.05) is 26.2 Å². The number of rotatable bonds is 2. The maximum absolute atomic E-state index is 12.5. The predicted molar refractivity (Wildman–Crippen MR) is 78.4 cm³/mol. The lowest BCUT2D eigenvalue weighted by atomic mass is 9.71. The Labute approximate surface area is 122 Å². The molecule has 0 aromatic heterocycles. The van der Waals surface area contributed by atoms with Crippen molar-refractivity contribution < 1.29 is 9.90 Å². The summed E-state index contributed by atoms with van der Waals surface area (Å²) in [6.07, 6.45) is 7.62. The highest BCUT2D eigenvalue weighted by molar-refractivity contribution is 5.81. The molecule has 20 heavy (non-hydrogen) atoms. The first-order valence-corrected chi connectivity index (χ1v) is 8.35. The van der Waals surface area contributed by atoms with E-state index in [0.717, 1.165) is 64.7 Å². The number of nitrogens with zero attached hydrogens (tertiary/aromatic N) is 2. The molecule has 2 aliphatic heterocycles. The Morgan fingerprint density at radius 2 is 1.90 bits per heavy atom. The molecule has 3 unspecified atom stereocenters. The molecule has 0 bridgehead atoms. The molecule has 1 amide bonds. The third-order valence-corrected chi connectivity index (χ3v) is 5.78. The molecule has 3 aliphatic rings. The van der Waals surface area contributed by atoms with E-state index < -0.39 is 5.60 Å². The van der Waals surface area contributed by atoms with E-state index in [1.165, 1.54) is 6.42 Å². The van der Waals surface area contributed by atoms with Crippen LogP contribution in [0.1, 0.15) is 51.9 Å². The molecule has 3 atom stereocenters. The van der Waals surface area contributed by atoms with Gasteiger partial charge in [-0.15, -0.1) is 0 Å². The quantitative estimate of drug-likeness (QED) is 0.836. The maximum atomic E-state index is 12.5. The first-order chi connectivity index (χ1) is 9.60. The van der Waals surface area contributed by atoms with Crippen LogP contribution in [0.25, 0.3) is 0 Å². The fourth-order valence-corrected chi connectivity index (χ4v) is 4.31. The molecule has 4 heteroatoms. The van der Waals surface area contributed by atoms with Crippen molar-refractivity contribution in [1.82, 2.24) is 9.80 Å². The van der Waals surface area contributed by atoms with Gasteiger partial charge in [-0.1, -0.05) is 12.8 Å². The fourth-order valence-electron chi connectivity index (χ4n) is 4.31. The molecular weight excluding hydrogens is 252 g/mol. The number of hydrogen-bond acceptors (Lipinski definition) is 3. The normalized spacial score (nSPS) is 36.7. The highest BCUT2D eigenvalue weighted by atomic mass is 16.3. The smallest absolute Gasteiger partial charge is 0.239 e. The van der Waals surface area contributed by atoms with Crippen molar-refractivity contribution in [1.29, 1.82) is 0 Å². The molecule has 0 spiro atoms. The topological polar surface area (TPSA) is 43.8 Å². The summed E-state index contributed by atoms with van der Waals surface area (Å²) in [5.41, 5.74) is -0.439. The third kappa shape index (κ3) is 2.60. The molecule has 2 heterocycles. The van der Waals surface area contributed by atoms with Crippen LogP contribution in [0.5, 0.6) is 0 Å². The summed E-state index contributed by atoms with van der Waals surface area (Å²) >= 11 is 0. The summed E-state index contributed by atoms with van der Waals surface area (Å²) in [4.78, 5) is 16.8. The summed E-state index contributed by atoms with van der Waals surface area (Å²) in [5, 5.41) is 10.7. The van der Waals surface area contributed by atoms with Gasteiger partial charge in [-0.05, 0) is 39.0 Å². The van der Waals surface area contributed by atoms with Crippen molar-refractivity contribution in [3.63, 3.8) is 0 Å². The van der Waals surface area contributed by atoms with Gasteiger partial charge < -0.3 is 10.0 Å². The SMILES string of the molecule is CC(C(=O)N1CCCC1)N1CCC2(O)CCCCC2C1. The number of hydrogen-bond donors (Lipinski definition) is 1. The van der Waals surface area contributed by atoms with E-state index in [1.807, 2.05) is 11.8 Å². The number of aliphatic hydroxyl groups is 1. The lowest BCUT2D eigenvalue weighted by molar-refractivity contribution is -0.141. The summed E-state index contributed by atoms with van der Waals surface area (Å²) in [7, 11) is 0. The summed E-state index contributed by atoms with van der Waals surface area (Å²) in [6, 6.07) is -0.0143. The highest BCUT2D eigenvalue weighted by Crippen LogP contribution is 2.40. The van der Waals surface area contributed by atoms with Crippen LogP contribution in [0.4, 0.5) is 0 Å². The number of carbonyl (C=O) groups is 1. The number of amides is 1. The first kappa shape index (κ1) is 14.3. The Morgan fingerprint density at radius 3 is 2.65 bits per heavy atom. The summed E-state index contributed by atoms with van der Waals surface area (Å²) < 4.78 is 0. The second kappa shape index (κ2) is 5.64. The van der Waals surface area contributed by atoms with Crippen LogP contribution in [0.3, 0.4) is 0 Å². The standard InChI is InChI=1S/C16H28N2O2/c1-13(15(19)17-9-4-5-10-17)18-11-8-16(20)7-3-2-6-14(16)12-18/h13-14,20H,2-12H2,1H3. The minimum absolute atomic E-state index is 0.0143. The number of fused-ring (bicyclic) bond motifs is 1. The lowest BCUT2D eigenvalue weighted by Crippen LogP contribution is -2.57. The van der Waals surface area contributed by atoms with Crippen LogP contribution < -0.4 is 0 Å². The third-order valence-electron chi connectivity index (χ3n) is 5.78. The first-order valence-electron chi connectivity index (χ1n) is 8.35. The van der Waals surface area contributed by atoms with Gasteiger partial charge in [-0.25, -0.2) is 0 Å². The van der Waals surface area contributed by atoms with E-state index in [9.17, 15) is 9.90 Å². The molecule has 3 rings (SSSR count). The second-order valence-electron chi connectivity index (χ2n) is 7.00. The second-order valence-corrected chi connectivity index (χ2v) is 7.00. The van der Waals surface area contributed by atoms with Crippen molar-refractivity contribution in [2.24, 2.45) is 5.92 Å². The zero-order valence-electron chi connectivity index (χ0n) is 12.7. The number of piperidine rings is 1. The maximum Gasteiger partial charge on any atom is 0.239 e. The molecule has 0 radical (unpaired) electrons. The zero-order chi connectivity index (χ0) is 14.2.